The number of aliphatic hydroxyl groups is 1. The fourth-order valence-corrected chi connectivity index (χ4v) is 2.46. The highest BCUT2D eigenvalue weighted by molar-refractivity contribution is 5.52. The summed E-state index contributed by atoms with van der Waals surface area (Å²) in [5.74, 6) is 0.995. The first-order valence-corrected chi connectivity index (χ1v) is 6.32. The molecule has 0 bridgehead atoms. The number of piperidine rings is 1. The van der Waals surface area contributed by atoms with Gasteiger partial charge in [-0.05, 0) is 44.2 Å². The Balaban J connectivity index is 2.20. The van der Waals surface area contributed by atoms with Crippen molar-refractivity contribution in [2.45, 2.75) is 38.6 Å². The average molecular weight is 235 g/mol. The summed E-state index contributed by atoms with van der Waals surface area (Å²) in [6.45, 7) is 3.28. The van der Waals surface area contributed by atoms with Crippen LogP contribution in [0.15, 0.2) is 12.3 Å². The normalized spacial score (nSPS) is 20.6. The number of hydrogen-bond acceptors (Lipinski definition) is 4. The molecule has 0 spiro atoms. The molecule has 2 heterocycles. The minimum atomic E-state index is 0.245. The number of aromatic nitrogens is 1. The number of anilines is 2. The van der Waals surface area contributed by atoms with Gasteiger partial charge in [-0.15, -0.1) is 0 Å². The number of hydrogen-bond donors (Lipinski definition) is 2. The van der Waals surface area contributed by atoms with Crippen LogP contribution in [-0.2, 0) is 0 Å². The lowest BCUT2D eigenvalue weighted by Crippen LogP contribution is -2.40. The molecule has 1 aromatic heterocycles. The fraction of sp³-hybridized carbons (Fsp3) is 0.615. The van der Waals surface area contributed by atoms with Crippen LogP contribution in [0.5, 0.6) is 0 Å². The summed E-state index contributed by atoms with van der Waals surface area (Å²) in [5, 5.41) is 9.11. The van der Waals surface area contributed by atoms with Gasteiger partial charge in [-0.3, -0.25) is 0 Å². The summed E-state index contributed by atoms with van der Waals surface area (Å²) in [6.07, 6.45) is 6.15. The highest BCUT2D eigenvalue weighted by Gasteiger charge is 2.23. The monoisotopic (exact) mass is 235 g/mol. The molecule has 0 aliphatic carbocycles. The topological polar surface area (TPSA) is 62.4 Å². The van der Waals surface area contributed by atoms with E-state index in [0.717, 1.165) is 36.5 Å². The first-order chi connectivity index (χ1) is 8.22. The molecule has 0 amide bonds. The van der Waals surface area contributed by atoms with Crippen molar-refractivity contribution in [3.8, 4) is 0 Å². The SMILES string of the molecule is Cc1cc(N2CCCCC2CCO)ncc1N. The van der Waals surface area contributed by atoms with Crippen molar-refractivity contribution in [3.63, 3.8) is 0 Å². The molecule has 1 aromatic rings. The maximum absolute atomic E-state index is 9.11. The minimum Gasteiger partial charge on any atom is -0.397 e. The Labute approximate surface area is 102 Å². The van der Waals surface area contributed by atoms with Gasteiger partial charge >= 0.3 is 0 Å². The van der Waals surface area contributed by atoms with Crippen LogP contribution in [0.2, 0.25) is 0 Å². The molecule has 0 radical (unpaired) electrons. The van der Waals surface area contributed by atoms with Crippen LogP contribution in [0, 0.1) is 6.92 Å². The molecule has 1 unspecified atom stereocenters. The Bertz CT molecular complexity index is 379. The Kier molecular flexibility index (Phi) is 3.84. The number of aryl methyl sites for hydroxylation is 1. The van der Waals surface area contributed by atoms with E-state index in [1.807, 2.05) is 13.0 Å². The van der Waals surface area contributed by atoms with E-state index < -0.39 is 0 Å². The van der Waals surface area contributed by atoms with Crippen molar-refractivity contribution in [3.05, 3.63) is 17.8 Å². The zero-order valence-corrected chi connectivity index (χ0v) is 10.4. The second-order valence-electron chi connectivity index (χ2n) is 4.75. The van der Waals surface area contributed by atoms with E-state index in [1.54, 1.807) is 6.20 Å². The largest absolute Gasteiger partial charge is 0.397 e. The summed E-state index contributed by atoms with van der Waals surface area (Å²) in [6, 6.07) is 2.47. The van der Waals surface area contributed by atoms with Crippen LogP contribution in [0.25, 0.3) is 0 Å². The Hall–Kier alpha value is -1.29. The van der Waals surface area contributed by atoms with Gasteiger partial charge in [-0.2, -0.15) is 0 Å². The van der Waals surface area contributed by atoms with Gasteiger partial charge in [0.15, 0.2) is 0 Å². The smallest absolute Gasteiger partial charge is 0.129 e. The molecular weight excluding hydrogens is 214 g/mol. The second kappa shape index (κ2) is 5.36. The third-order valence-corrected chi connectivity index (χ3v) is 3.52. The van der Waals surface area contributed by atoms with Crippen LogP contribution in [0.1, 0.15) is 31.2 Å². The zero-order valence-electron chi connectivity index (χ0n) is 10.4. The molecule has 4 nitrogen and oxygen atoms in total. The highest BCUT2D eigenvalue weighted by atomic mass is 16.3. The number of nitrogens with zero attached hydrogens (tertiary/aromatic N) is 2. The first-order valence-electron chi connectivity index (χ1n) is 6.32. The number of pyridine rings is 1. The van der Waals surface area contributed by atoms with Crippen LogP contribution in [0.3, 0.4) is 0 Å². The fourth-order valence-electron chi connectivity index (χ4n) is 2.46. The second-order valence-corrected chi connectivity index (χ2v) is 4.75. The van der Waals surface area contributed by atoms with Crippen molar-refractivity contribution in [2.24, 2.45) is 0 Å². The standard InChI is InChI=1S/C13H21N3O/c1-10-8-13(15-9-12(10)14)16-6-3-2-4-11(16)5-7-17/h8-9,11,17H,2-7,14H2,1H3. The maximum Gasteiger partial charge on any atom is 0.129 e. The molecular formula is C13H21N3O. The van der Waals surface area contributed by atoms with Crippen molar-refractivity contribution in [1.82, 2.24) is 4.98 Å². The summed E-state index contributed by atoms with van der Waals surface area (Å²) < 4.78 is 0. The summed E-state index contributed by atoms with van der Waals surface area (Å²) in [4.78, 5) is 6.73. The molecule has 1 saturated heterocycles. The van der Waals surface area contributed by atoms with Gasteiger partial charge in [0.25, 0.3) is 0 Å². The predicted octanol–water partition coefficient (Wildman–Crippen LogP) is 1.71. The van der Waals surface area contributed by atoms with Gasteiger partial charge in [0.1, 0.15) is 5.82 Å². The maximum atomic E-state index is 9.11. The molecule has 1 aliphatic rings. The van der Waals surface area contributed by atoms with Gasteiger partial charge in [0.05, 0.1) is 11.9 Å². The van der Waals surface area contributed by atoms with E-state index in [2.05, 4.69) is 9.88 Å². The summed E-state index contributed by atoms with van der Waals surface area (Å²) >= 11 is 0. The number of nitrogens with two attached hydrogens (primary N) is 1. The lowest BCUT2D eigenvalue weighted by molar-refractivity contribution is 0.262. The van der Waals surface area contributed by atoms with E-state index in [0.29, 0.717) is 6.04 Å². The van der Waals surface area contributed by atoms with Gasteiger partial charge < -0.3 is 15.7 Å². The van der Waals surface area contributed by atoms with Crippen LogP contribution in [0.4, 0.5) is 11.5 Å². The molecule has 0 saturated carbocycles. The molecule has 0 aromatic carbocycles. The Morgan fingerprint density at radius 1 is 1.53 bits per heavy atom. The van der Waals surface area contributed by atoms with Crippen molar-refractivity contribution < 1.29 is 5.11 Å². The summed E-state index contributed by atoms with van der Waals surface area (Å²) in [7, 11) is 0. The van der Waals surface area contributed by atoms with Gasteiger partial charge in [0.2, 0.25) is 0 Å². The number of aliphatic hydroxyl groups excluding tert-OH is 1. The molecule has 17 heavy (non-hydrogen) atoms. The van der Waals surface area contributed by atoms with Crippen LogP contribution in [-0.4, -0.2) is 29.3 Å². The molecule has 1 aliphatic heterocycles. The van der Waals surface area contributed by atoms with Crippen molar-refractivity contribution in [2.75, 3.05) is 23.8 Å². The first kappa shape index (κ1) is 12.2. The molecule has 1 fully saturated rings. The number of rotatable bonds is 3. The van der Waals surface area contributed by atoms with Crippen LogP contribution >= 0.6 is 0 Å². The van der Waals surface area contributed by atoms with E-state index >= 15 is 0 Å². The van der Waals surface area contributed by atoms with Crippen molar-refractivity contribution in [1.29, 1.82) is 0 Å². The Morgan fingerprint density at radius 2 is 2.35 bits per heavy atom. The van der Waals surface area contributed by atoms with E-state index in [9.17, 15) is 0 Å². The van der Waals surface area contributed by atoms with E-state index in [1.165, 1.54) is 12.8 Å². The summed E-state index contributed by atoms with van der Waals surface area (Å²) in [5.41, 5.74) is 7.60. The lowest BCUT2D eigenvalue weighted by atomic mass is 9.99. The van der Waals surface area contributed by atoms with E-state index in [-0.39, 0.29) is 6.61 Å². The highest BCUT2D eigenvalue weighted by Crippen LogP contribution is 2.26. The average Bonchev–Trinajstić information content (AvgIpc) is 2.34. The quantitative estimate of drug-likeness (QED) is 0.837. The third kappa shape index (κ3) is 2.69. The van der Waals surface area contributed by atoms with Crippen molar-refractivity contribution >= 4 is 11.5 Å². The zero-order chi connectivity index (χ0) is 12.3. The molecule has 4 heteroatoms. The third-order valence-electron chi connectivity index (χ3n) is 3.52. The van der Waals surface area contributed by atoms with Gasteiger partial charge in [-0.1, -0.05) is 0 Å². The molecule has 94 valence electrons. The minimum absolute atomic E-state index is 0.245. The molecule has 2 rings (SSSR count). The van der Waals surface area contributed by atoms with Gasteiger partial charge in [-0.25, -0.2) is 4.98 Å². The van der Waals surface area contributed by atoms with Crippen LogP contribution < -0.4 is 10.6 Å². The van der Waals surface area contributed by atoms with E-state index in [4.69, 9.17) is 10.8 Å². The Morgan fingerprint density at radius 3 is 3.06 bits per heavy atom. The lowest BCUT2D eigenvalue weighted by Gasteiger charge is -2.36. The predicted molar refractivity (Wildman–Crippen MR) is 70.1 cm³/mol. The van der Waals surface area contributed by atoms with Gasteiger partial charge in [0, 0.05) is 19.2 Å². The number of nitrogen functional groups attached to an aromatic ring is 1. The molecule has 1 atom stereocenters. The molecule has 3 N–H and O–H groups in total.